The Bertz CT molecular complexity index is 832. The zero-order valence-corrected chi connectivity index (χ0v) is 17.7. The maximum atomic E-state index is 12.9. The van der Waals surface area contributed by atoms with Gasteiger partial charge in [-0.25, -0.2) is 5.01 Å². The van der Waals surface area contributed by atoms with E-state index in [-0.39, 0.29) is 17.9 Å². The summed E-state index contributed by atoms with van der Waals surface area (Å²) in [6, 6.07) is 12.2. The normalized spacial score (nSPS) is 16.1. The Hall–Kier alpha value is -2.12. The summed E-state index contributed by atoms with van der Waals surface area (Å²) in [5, 5.41) is 8.30. The number of ether oxygens (including phenoxy) is 1. The molecular formula is C21H24N2O3S2. The lowest BCUT2D eigenvalue weighted by molar-refractivity contribution is -0.142. The van der Waals surface area contributed by atoms with Crippen LogP contribution in [0.5, 0.6) is 0 Å². The minimum absolute atomic E-state index is 0.0361. The predicted molar refractivity (Wildman–Crippen MR) is 115 cm³/mol. The van der Waals surface area contributed by atoms with Crippen molar-refractivity contribution in [3.8, 4) is 0 Å². The Balaban J connectivity index is 1.67. The smallest absolute Gasteiger partial charge is 0.306 e. The Labute approximate surface area is 173 Å². The number of nitrogens with zero attached hydrogens (tertiary/aromatic N) is 2. The van der Waals surface area contributed by atoms with Crippen LogP contribution in [0.25, 0.3) is 0 Å². The van der Waals surface area contributed by atoms with E-state index in [1.165, 1.54) is 17.3 Å². The van der Waals surface area contributed by atoms with E-state index in [1.54, 1.807) is 23.3 Å². The van der Waals surface area contributed by atoms with Crippen LogP contribution in [-0.2, 0) is 14.3 Å². The van der Waals surface area contributed by atoms with Crippen molar-refractivity contribution in [1.82, 2.24) is 5.01 Å². The Morgan fingerprint density at radius 2 is 2.07 bits per heavy atom. The third kappa shape index (κ3) is 5.23. The molecule has 0 spiro atoms. The van der Waals surface area contributed by atoms with E-state index in [0.29, 0.717) is 31.0 Å². The molecular weight excluding hydrogens is 392 g/mol. The summed E-state index contributed by atoms with van der Waals surface area (Å²) in [5.74, 6) is 0.600. The molecule has 1 aromatic carbocycles. The van der Waals surface area contributed by atoms with Crippen molar-refractivity contribution in [2.45, 2.75) is 32.7 Å². The molecule has 0 unspecified atom stereocenters. The number of esters is 1. The second-order valence-corrected chi connectivity index (χ2v) is 8.55. The molecule has 0 saturated heterocycles. The number of aryl methyl sites for hydroxylation is 1. The van der Waals surface area contributed by atoms with Gasteiger partial charge in [0.1, 0.15) is 0 Å². The van der Waals surface area contributed by atoms with Crippen molar-refractivity contribution in [2.75, 3.05) is 18.1 Å². The Morgan fingerprint density at radius 1 is 1.29 bits per heavy atom. The van der Waals surface area contributed by atoms with Gasteiger partial charge in [0, 0.05) is 12.2 Å². The summed E-state index contributed by atoms with van der Waals surface area (Å²) in [7, 11) is 0. The first-order valence-corrected chi connectivity index (χ1v) is 11.3. The average molecular weight is 417 g/mol. The molecule has 2 heterocycles. The van der Waals surface area contributed by atoms with E-state index in [4.69, 9.17) is 4.74 Å². The van der Waals surface area contributed by atoms with Gasteiger partial charge in [0.05, 0.1) is 35.4 Å². The molecule has 1 aromatic heterocycles. The Morgan fingerprint density at radius 3 is 2.75 bits per heavy atom. The van der Waals surface area contributed by atoms with E-state index in [0.717, 1.165) is 16.2 Å². The van der Waals surface area contributed by atoms with Gasteiger partial charge in [-0.15, -0.1) is 11.3 Å². The molecule has 0 saturated carbocycles. The molecule has 0 N–H and O–H groups in total. The van der Waals surface area contributed by atoms with E-state index < -0.39 is 0 Å². The van der Waals surface area contributed by atoms with Gasteiger partial charge >= 0.3 is 5.97 Å². The van der Waals surface area contributed by atoms with Crippen molar-refractivity contribution < 1.29 is 14.3 Å². The fraction of sp³-hybridized carbons (Fsp3) is 0.381. The highest BCUT2D eigenvalue weighted by molar-refractivity contribution is 7.99. The lowest BCUT2D eigenvalue weighted by Crippen LogP contribution is -2.28. The summed E-state index contributed by atoms with van der Waals surface area (Å²) in [4.78, 5) is 25.4. The molecule has 1 aliphatic rings. The van der Waals surface area contributed by atoms with Gasteiger partial charge in [-0.05, 0) is 30.9 Å². The molecule has 1 aliphatic heterocycles. The molecule has 1 amide bonds. The van der Waals surface area contributed by atoms with Crippen LogP contribution in [-0.4, -0.2) is 40.7 Å². The number of rotatable bonds is 8. The number of carbonyl (C=O) groups excluding carboxylic acids is 2. The zero-order chi connectivity index (χ0) is 19.9. The fourth-order valence-electron chi connectivity index (χ4n) is 2.99. The molecule has 0 fully saturated rings. The van der Waals surface area contributed by atoms with Crippen molar-refractivity contribution in [1.29, 1.82) is 0 Å². The van der Waals surface area contributed by atoms with Crippen LogP contribution in [0.1, 0.15) is 41.8 Å². The third-order valence-electron chi connectivity index (χ3n) is 4.42. The number of hydrazone groups is 1. The molecule has 0 aliphatic carbocycles. The molecule has 3 rings (SSSR count). The lowest BCUT2D eigenvalue weighted by Gasteiger charge is -2.22. The maximum Gasteiger partial charge on any atom is 0.306 e. The van der Waals surface area contributed by atoms with Crippen LogP contribution >= 0.6 is 23.1 Å². The van der Waals surface area contributed by atoms with Crippen molar-refractivity contribution in [3.05, 3.63) is 57.8 Å². The number of hydrogen-bond donors (Lipinski definition) is 0. The van der Waals surface area contributed by atoms with E-state index in [9.17, 15) is 9.59 Å². The second-order valence-electron chi connectivity index (χ2n) is 6.50. The molecule has 28 heavy (non-hydrogen) atoms. The van der Waals surface area contributed by atoms with Crippen LogP contribution in [0, 0.1) is 6.92 Å². The van der Waals surface area contributed by atoms with Crippen LogP contribution in [0.2, 0.25) is 0 Å². The SMILES string of the molecule is CCOC(=O)CCSCC(=O)N1N=C(c2cccs2)C[C@H]1c1ccc(C)cc1. The first-order valence-electron chi connectivity index (χ1n) is 9.32. The molecule has 7 heteroatoms. The predicted octanol–water partition coefficient (Wildman–Crippen LogP) is 4.42. The van der Waals surface area contributed by atoms with Gasteiger partial charge in [-0.2, -0.15) is 16.9 Å². The molecule has 0 radical (unpaired) electrons. The summed E-state index contributed by atoms with van der Waals surface area (Å²) < 4.78 is 4.92. The minimum atomic E-state index is -0.223. The monoisotopic (exact) mass is 416 g/mol. The van der Waals surface area contributed by atoms with Gasteiger partial charge in [-0.1, -0.05) is 35.9 Å². The third-order valence-corrected chi connectivity index (χ3v) is 6.28. The lowest BCUT2D eigenvalue weighted by atomic mass is 10.00. The van der Waals surface area contributed by atoms with E-state index in [1.807, 2.05) is 17.5 Å². The number of hydrogen-bond acceptors (Lipinski definition) is 6. The highest BCUT2D eigenvalue weighted by Crippen LogP contribution is 2.34. The minimum Gasteiger partial charge on any atom is -0.466 e. The molecule has 2 aromatic rings. The summed E-state index contributed by atoms with van der Waals surface area (Å²) >= 11 is 3.08. The maximum absolute atomic E-state index is 12.9. The largest absolute Gasteiger partial charge is 0.466 e. The molecule has 0 bridgehead atoms. The van der Waals surface area contributed by atoms with E-state index >= 15 is 0 Å². The number of benzene rings is 1. The number of thiophene rings is 1. The average Bonchev–Trinajstić information content (AvgIpc) is 3.35. The standard InChI is InChI=1S/C21H24N2O3S2/c1-3-26-21(25)10-12-27-14-20(24)23-18(16-8-6-15(2)7-9-16)13-17(22-23)19-5-4-11-28-19/h4-9,11,18H,3,10,12-14H2,1-2H3/t18-/m0/s1. The zero-order valence-electron chi connectivity index (χ0n) is 16.1. The highest BCUT2D eigenvalue weighted by atomic mass is 32.2. The fourth-order valence-corrected chi connectivity index (χ4v) is 4.48. The second kappa shape index (κ2) is 9.89. The van der Waals surface area contributed by atoms with Gasteiger partial charge < -0.3 is 4.74 Å². The summed E-state index contributed by atoms with van der Waals surface area (Å²) in [6.45, 7) is 4.22. The summed E-state index contributed by atoms with van der Waals surface area (Å²) in [5.41, 5.74) is 3.23. The molecule has 1 atom stereocenters. The van der Waals surface area contributed by atoms with Crippen LogP contribution in [0.4, 0.5) is 0 Å². The first-order chi connectivity index (χ1) is 13.6. The van der Waals surface area contributed by atoms with Gasteiger partial charge in [0.25, 0.3) is 5.91 Å². The Kier molecular flexibility index (Phi) is 7.28. The van der Waals surface area contributed by atoms with Gasteiger partial charge in [0.2, 0.25) is 0 Å². The quantitative estimate of drug-likeness (QED) is 0.472. The van der Waals surface area contributed by atoms with Crippen molar-refractivity contribution >= 4 is 40.7 Å². The number of thioether (sulfide) groups is 1. The number of carbonyl (C=O) groups is 2. The van der Waals surface area contributed by atoms with Crippen molar-refractivity contribution in [2.24, 2.45) is 5.10 Å². The molecule has 148 valence electrons. The highest BCUT2D eigenvalue weighted by Gasteiger charge is 2.33. The number of amides is 1. The summed E-state index contributed by atoms with van der Waals surface area (Å²) in [6.07, 6.45) is 1.03. The van der Waals surface area contributed by atoms with Crippen molar-refractivity contribution in [3.63, 3.8) is 0 Å². The van der Waals surface area contributed by atoms with E-state index in [2.05, 4.69) is 36.3 Å². The molecule has 5 nitrogen and oxygen atoms in total. The van der Waals surface area contributed by atoms with Gasteiger partial charge in [-0.3, -0.25) is 9.59 Å². The van der Waals surface area contributed by atoms with Crippen LogP contribution in [0.15, 0.2) is 46.9 Å². The topological polar surface area (TPSA) is 59.0 Å². The van der Waals surface area contributed by atoms with Gasteiger partial charge in [0.15, 0.2) is 0 Å². The first kappa shape index (κ1) is 20.6. The van der Waals surface area contributed by atoms with Crippen LogP contribution < -0.4 is 0 Å². The van der Waals surface area contributed by atoms with Crippen LogP contribution in [0.3, 0.4) is 0 Å².